The van der Waals surface area contributed by atoms with Crippen LogP contribution in [0.5, 0.6) is 0 Å². The lowest BCUT2D eigenvalue weighted by Crippen LogP contribution is -2.22. The van der Waals surface area contributed by atoms with Crippen molar-refractivity contribution >= 4 is 17.2 Å². The molecule has 0 aromatic heterocycles. The summed E-state index contributed by atoms with van der Waals surface area (Å²) >= 11 is 0. The standard InChI is InChI=1S/C27H18N2O/c30-27-24-18-10-8-16-22(24)21-15-7-9-17-23(21)26(27)29-28-25(19-11-3-1-4-12-19)20-13-5-2-6-14-20/h1-18H/b29-26-. The molecule has 0 radical (unpaired) electrons. The van der Waals surface area contributed by atoms with E-state index in [1.807, 2.05) is 109 Å². The van der Waals surface area contributed by atoms with Crippen LogP contribution in [0.4, 0.5) is 0 Å². The number of rotatable bonds is 3. The van der Waals surface area contributed by atoms with Gasteiger partial charge in [-0.3, -0.25) is 4.79 Å². The highest BCUT2D eigenvalue weighted by atomic mass is 16.1. The highest BCUT2D eigenvalue weighted by molar-refractivity contribution is 6.55. The quantitative estimate of drug-likeness (QED) is 0.324. The summed E-state index contributed by atoms with van der Waals surface area (Å²) in [5, 5.41) is 9.11. The number of benzene rings is 4. The van der Waals surface area contributed by atoms with Crippen LogP contribution in [-0.4, -0.2) is 17.2 Å². The van der Waals surface area contributed by atoms with Gasteiger partial charge in [0.2, 0.25) is 5.78 Å². The summed E-state index contributed by atoms with van der Waals surface area (Å²) < 4.78 is 0. The van der Waals surface area contributed by atoms with Gasteiger partial charge in [-0.1, -0.05) is 109 Å². The zero-order valence-corrected chi connectivity index (χ0v) is 16.2. The SMILES string of the molecule is O=C1/C(=N\N=C(c2ccccc2)c2ccccc2)c2ccccc2-c2ccccc21. The Labute approximate surface area is 175 Å². The fourth-order valence-corrected chi connectivity index (χ4v) is 3.76. The van der Waals surface area contributed by atoms with E-state index in [1.165, 1.54) is 0 Å². The summed E-state index contributed by atoms with van der Waals surface area (Å²) in [6, 6.07) is 35.3. The van der Waals surface area contributed by atoms with Gasteiger partial charge in [0.25, 0.3) is 0 Å². The third-order valence-electron chi connectivity index (χ3n) is 5.20. The van der Waals surface area contributed by atoms with Crippen molar-refractivity contribution < 1.29 is 4.79 Å². The van der Waals surface area contributed by atoms with Crippen LogP contribution in [0.2, 0.25) is 0 Å². The average Bonchev–Trinajstić information content (AvgIpc) is 2.82. The minimum Gasteiger partial charge on any atom is -0.287 e. The molecule has 0 spiro atoms. The van der Waals surface area contributed by atoms with E-state index < -0.39 is 0 Å². The van der Waals surface area contributed by atoms with Crippen LogP contribution >= 0.6 is 0 Å². The van der Waals surface area contributed by atoms with Crippen LogP contribution in [0.3, 0.4) is 0 Å². The van der Waals surface area contributed by atoms with Gasteiger partial charge < -0.3 is 0 Å². The van der Waals surface area contributed by atoms with Crippen molar-refractivity contribution in [1.29, 1.82) is 0 Å². The van der Waals surface area contributed by atoms with Gasteiger partial charge in [0.1, 0.15) is 11.4 Å². The second kappa shape index (κ2) is 7.72. The first-order valence-corrected chi connectivity index (χ1v) is 9.83. The Kier molecular flexibility index (Phi) is 4.62. The molecule has 3 heteroatoms. The smallest absolute Gasteiger partial charge is 0.214 e. The maximum Gasteiger partial charge on any atom is 0.214 e. The van der Waals surface area contributed by atoms with Crippen molar-refractivity contribution in [1.82, 2.24) is 0 Å². The summed E-state index contributed by atoms with van der Waals surface area (Å²) in [5.41, 5.74) is 6.41. The van der Waals surface area contributed by atoms with E-state index in [0.29, 0.717) is 11.3 Å². The fourth-order valence-electron chi connectivity index (χ4n) is 3.76. The molecule has 0 N–H and O–H groups in total. The number of hydrogen-bond acceptors (Lipinski definition) is 3. The van der Waals surface area contributed by atoms with Crippen LogP contribution in [0.25, 0.3) is 11.1 Å². The lowest BCUT2D eigenvalue weighted by Gasteiger charge is -2.19. The Morgan fingerprint density at radius 2 is 0.933 bits per heavy atom. The first-order valence-electron chi connectivity index (χ1n) is 9.83. The number of hydrogen-bond donors (Lipinski definition) is 0. The molecule has 142 valence electrons. The van der Waals surface area contributed by atoms with E-state index in [4.69, 9.17) is 0 Å². The number of carbonyl (C=O) groups excluding carboxylic acids is 1. The van der Waals surface area contributed by atoms with Gasteiger partial charge in [-0.15, -0.1) is 10.2 Å². The molecule has 3 nitrogen and oxygen atoms in total. The Morgan fingerprint density at radius 1 is 0.500 bits per heavy atom. The number of ketones is 1. The zero-order chi connectivity index (χ0) is 20.3. The van der Waals surface area contributed by atoms with E-state index >= 15 is 0 Å². The van der Waals surface area contributed by atoms with Gasteiger partial charge in [0.05, 0.1) is 0 Å². The third-order valence-corrected chi connectivity index (χ3v) is 5.20. The van der Waals surface area contributed by atoms with Crippen LogP contribution < -0.4 is 0 Å². The topological polar surface area (TPSA) is 41.8 Å². The molecule has 1 aliphatic carbocycles. The molecule has 0 amide bonds. The lowest BCUT2D eigenvalue weighted by atomic mass is 9.83. The van der Waals surface area contributed by atoms with Crippen molar-refractivity contribution in [3.8, 4) is 11.1 Å². The first-order chi connectivity index (χ1) is 14.8. The molecular weight excluding hydrogens is 368 g/mol. The maximum absolute atomic E-state index is 13.3. The second-order valence-electron chi connectivity index (χ2n) is 7.05. The molecule has 0 saturated carbocycles. The molecule has 4 aromatic rings. The summed E-state index contributed by atoms with van der Waals surface area (Å²) in [5.74, 6) is -0.103. The van der Waals surface area contributed by atoms with Gasteiger partial charge in [-0.05, 0) is 11.1 Å². The molecular formula is C27H18N2O. The molecule has 0 saturated heterocycles. The Hall–Kier alpha value is -4.11. The molecule has 0 heterocycles. The van der Waals surface area contributed by atoms with E-state index in [0.717, 1.165) is 33.5 Å². The second-order valence-corrected chi connectivity index (χ2v) is 7.05. The summed E-state index contributed by atoms with van der Waals surface area (Å²) in [6.07, 6.45) is 0. The molecule has 5 rings (SSSR count). The number of fused-ring (bicyclic) bond motifs is 3. The Morgan fingerprint density at radius 3 is 1.50 bits per heavy atom. The van der Waals surface area contributed by atoms with Gasteiger partial charge in [0.15, 0.2) is 0 Å². The van der Waals surface area contributed by atoms with Gasteiger partial charge in [-0.2, -0.15) is 0 Å². The van der Waals surface area contributed by atoms with E-state index in [2.05, 4.69) is 10.2 Å². The van der Waals surface area contributed by atoms with Crippen LogP contribution in [0.1, 0.15) is 27.0 Å². The van der Waals surface area contributed by atoms with E-state index in [1.54, 1.807) is 0 Å². The minimum absolute atomic E-state index is 0.103. The molecule has 0 fully saturated rings. The molecule has 0 aliphatic heterocycles. The maximum atomic E-state index is 13.3. The highest BCUT2D eigenvalue weighted by Gasteiger charge is 2.28. The molecule has 1 aliphatic rings. The summed E-state index contributed by atoms with van der Waals surface area (Å²) in [7, 11) is 0. The lowest BCUT2D eigenvalue weighted by molar-refractivity contribution is 0.106. The molecule has 30 heavy (non-hydrogen) atoms. The third kappa shape index (κ3) is 3.16. The monoisotopic (exact) mass is 386 g/mol. The number of carbonyl (C=O) groups is 1. The van der Waals surface area contributed by atoms with Crippen LogP contribution in [-0.2, 0) is 0 Å². The van der Waals surface area contributed by atoms with Crippen molar-refractivity contribution in [2.45, 2.75) is 0 Å². The predicted octanol–water partition coefficient (Wildman–Crippen LogP) is 5.79. The van der Waals surface area contributed by atoms with Crippen molar-refractivity contribution in [3.05, 3.63) is 131 Å². The largest absolute Gasteiger partial charge is 0.287 e. The summed E-state index contributed by atoms with van der Waals surface area (Å²) in [6.45, 7) is 0. The normalized spacial score (nSPS) is 13.5. The highest BCUT2D eigenvalue weighted by Crippen LogP contribution is 2.33. The zero-order valence-electron chi connectivity index (χ0n) is 16.2. The predicted molar refractivity (Wildman–Crippen MR) is 121 cm³/mol. The van der Waals surface area contributed by atoms with Gasteiger partial charge in [0, 0.05) is 22.3 Å². The first kappa shape index (κ1) is 18.0. The van der Waals surface area contributed by atoms with Crippen molar-refractivity contribution in [2.75, 3.05) is 0 Å². The minimum atomic E-state index is -0.103. The Balaban J connectivity index is 1.70. The van der Waals surface area contributed by atoms with Crippen LogP contribution in [0, 0.1) is 0 Å². The van der Waals surface area contributed by atoms with E-state index in [-0.39, 0.29) is 5.78 Å². The average molecular weight is 386 g/mol. The molecule has 0 atom stereocenters. The summed E-state index contributed by atoms with van der Waals surface area (Å²) in [4.78, 5) is 13.3. The fraction of sp³-hybridized carbons (Fsp3) is 0. The van der Waals surface area contributed by atoms with Gasteiger partial charge >= 0.3 is 0 Å². The van der Waals surface area contributed by atoms with Gasteiger partial charge in [-0.25, -0.2) is 0 Å². The molecule has 0 unspecified atom stereocenters. The molecule has 4 aromatic carbocycles. The van der Waals surface area contributed by atoms with Crippen LogP contribution in [0.15, 0.2) is 119 Å². The van der Waals surface area contributed by atoms with E-state index in [9.17, 15) is 4.79 Å². The van der Waals surface area contributed by atoms with Crippen molar-refractivity contribution in [3.63, 3.8) is 0 Å². The number of nitrogens with zero attached hydrogens (tertiary/aromatic N) is 2. The number of Topliss-reactive ketones (excluding diaryl/α,β-unsaturated/α-hetero) is 1. The Bertz CT molecular complexity index is 1250. The van der Waals surface area contributed by atoms with Crippen molar-refractivity contribution in [2.24, 2.45) is 10.2 Å². The molecule has 0 bridgehead atoms.